The predicted octanol–water partition coefficient (Wildman–Crippen LogP) is 3.37. The second kappa shape index (κ2) is 8.46. The summed E-state index contributed by atoms with van der Waals surface area (Å²) >= 11 is 0. The summed E-state index contributed by atoms with van der Waals surface area (Å²) in [4.78, 5) is 23.2. The molecule has 6 heteroatoms. The summed E-state index contributed by atoms with van der Waals surface area (Å²) in [5, 5.41) is 15.9. The molecule has 0 fully saturated rings. The summed E-state index contributed by atoms with van der Waals surface area (Å²) in [7, 11) is 0. The highest BCUT2D eigenvalue weighted by Crippen LogP contribution is 2.16. The molecule has 0 radical (unpaired) electrons. The van der Waals surface area contributed by atoms with Gasteiger partial charge in [-0.15, -0.1) is 0 Å². The van der Waals surface area contributed by atoms with E-state index in [0.717, 1.165) is 24.2 Å². The third-order valence-electron chi connectivity index (χ3n) is 3.91. The molecule has 2 aromatic rings. The van der Waals surface area contributed by atoms with Gasteiger partial charge in [0, 0.05) is 18.7 Å². The zero-order valence-corrected chi connectivity index (χ0v) is 15.0. The highest BCUT2D eigenvalue weighted by atomic mass is 16.4. The molecule has 0 aliphatic heterocycles. The third-order valence-corrected chi connectivity index (χ3v) is 3.91. The number of aryl methyl sites for hydroxylation is 1. The van der Waals surface area contributed by atoms with Crippen molar-refractivity contribution in [2.45, 2.75) is 46.6 Å². The minimum Gasteiger partial charge on any atom is -0.481 e. The number of anilines is 1. The fourth-order valence-corrected chi connectivity index (χ4v) is 2.68. The van der Waals surface area contributed by atoms with E-state index in [1.54, 1.807) is 18.3 Å². The first kappa shape index (κ1) is 18.7. The lowest BCUT2D eigenvalue weighted by atomic mass is 10.1. The summed E-state index contributed by atoms with van der Waals surface area (Å²) in [5.74, 6) is -0.535. The number of hydrogen-bond donors (Lipinski definition) is 2. The van der Waals surface area contributed by atoms with Crippen LogP contribution < -0.4 is 5.32 Å². The van der Waals surface area contributed by atoms with E-state index in [9.17, 15) is 9.59 Å². The molecule has 0 atom stereocenters. The largest absolute Gasteiger partial charge is 0.481 e. The molecule has 0 unspecified atom stereocenters. The SMILES string of the molecule is CCc1c(C(=O)Nc2ccc(CCC(=O)O)cc2)cnn1CC(C)C. The zero-order chi connectivity index (χ0) is 18.4. The van der Waals surface area contributed by atoms with Gasteiger partial charge in [0.15, 0.2) is 0 Å². The van der Waals surface area contributed by atoms with Gasteiger partial charge in [-0.2, -0.15) is 5.10 Å². The molecule has 1 aromatic carbocycles. The minimum atomic E-state index is -0.817. The van der Waals surface area contributed by atoms with Crippen molar-refractivity contribution in [1.82, 2.24) is 9.78 Å². The Hall–Kier alpha value is -2.63. The Kier molecular flexibility index (Phi) is 6.33. The Morgan fingerprint density at radius 2 is 1.92 bits per heavy atom. The van der Waals surface area contributed by atoms with E-state index in [2.05, 4.69) is 24.3 Å². The average Bonchev–Trinajstić information content (AvgIpc) is 2.96. The number of aromatic nitrogens is 2. The first-order valence-electron chi connectivity index (χ1n) is 8.57. The van der Waals surface area contributed by atoms with Crippen LogP contribution in [0.3, 0.4) is 0 Å². The van der Waals surface area contributed by atoms with Gasteiger partial charge in [0.25, 0.3) is 5.91 Å². The summed E-state index contributed by atoms with van der Waals surface area (Å²) in [6.45, 7) is 7.04. The molecule has 2 N–H and O–H groups in total. The molecule has 1 amide bonds. The molecule has 2 rings (SSSR count). The zero-order valence-electron chi connectivity index (χ0n) is 15.0. The van der Waals surface area contributed by atoms with Gasteiger partial charge in [-0.1, -0.05) is 32.9 Å². The highest BCUT2D eigenvalue weighted by molar-refractivity contribution is 6.04. The van der Waals surface area contributed by atoms with Gasteiger partial charge in [0.05, 0.1) is 17.5 Å². The van der Waals surface area contributed by atoms with Gasteiger partial charge in [-0.25, -0.2) is 0 Å². The van der Waals surface area contributed by atoms with Gasteiger partial charge in [-0.3, -0.25) is 14.3 Å². The van der Waals surface area contributed by atoms with Crippen molar-refractivity contribution in [2.24, 2.45) is 5.92 Å². The normalized spacial score (nSPS) is 10.9. The lowest BCUT2D eigenvalue weighted by Gasteiger charge is -2.10. The van der Waals surface area contributed by atoms with Crippen LogP contribution >= 0.6 is 0 Å². The monoisotopic (exact) mass is 343 g/mol. The number of carboxylic acid groups (broad SMARTS) is 1. The van der Waals surface area contributed by atoms with E-state index in [1.807, 2.05) is 23.7 Å². The number of rotatable bonds is 8. The average molecular weight is 343 g/mol. The number of carbonyl (C=O) groups is 2. The summed E-state index contributed by atoms with van der Waals surface area (Å²) in [6.07, 6.45) is 2.94. The number of carboxylic acids is 1. The molecule has 6 nitrogen and oxygen atoms in total. The van der Waals surface area contributed by atoms with E-state index < -0.39 is 5.97 Å². The second-order valence-electron chi connectivity index (χ2n) is 6.48. The molecule has 0 aliphatic carbocycles. The fraction of sp³-hybridized carbons (Fsp3) is 0.421. The van der Waals surface area contributed by atoms with Crippen LogP contribution in [0.5, 0.6) is 0 Å². The van der Waals surface area contributed by atoms with Gasteiger partial charge in [0.1, 0.15) is 0 Å². The Morgan fingerprint density at radius 3 is 2.48 bits per heavy atom. The molecular formula is C19H25N3O3. The maximum atomic E-state index is 12.6. The number of hydrogen-bond acceptors (Lipinski definition) is 3. The van der Waals surface area contributed by atoms with Gasteiger partial charge < -0.3 is 10.4 Å². The maximum Gasteiger partial charge on any atom is 0.303 e. The molecule has 0 aliphatic rings. The Balaban J connectivity index is 2.06. The van der Waals surface area contributed by atoms with E-state index >= 15 is 0 Å². The molecule has 134 valence electrons. The topological polar surface area (TPSA) is 84.2 Å². The van der Waals surface area contributed by atoms with Crippen LogP contribution in [-0.2, 0) is 24.2 Å². The first-order valence-corrected chi connectivity index (χ1v) is 8.57. The predicted molar refractivity (Wildman–Crippen MR) is 96.8 cm³/mol. The molecule has 0 saturated carbocycles. The van der Waals surface area contributed by atoms with Gasteiger partial charge in [0.2, 0.25) is 0 Å². The van der Waals surface area contributed by atoms with Crippen molar-refractivity contribution in [3.63, 3.8) is 0 Å². The van der Waals surface area contributed by atoms with Crippen molar-refractivity contribution in [3.8, 4) is 0 Å². The molecule has 1 heterocycles. The van der Waals surface area contributed by atoms with Crippen molar-refractivity contribution in [2.75, 3.05) is 5.32 Å². The van der Waals surface area contributed by atoms with Crippen LogP contribution in [0.1, 0.15) is 48.8 Å². The van der Waals surface area contributed by atoms with Crippen LogP contribution in [0, 0.1) is 5.92 Å². The maximum absolute atomic E-state index is 12.6. The Bertz CT molecular complexity index is 733. The number of aliphatic carboxylic acids is 1. The second-order valence-corrected chi connectivity index (χ2v) is 6.48. The Morgan fingerprint density at radius 1 is 1.24 bits per heavy atom. The van der Waals surface area contributed by atoms with Gasteiger partial charge >= 0.3 is 5.97 Å². The third kappa shape index (κ3) is 5.17. The number of amides is 1. The molecule has 0 saturated heterocycles. The van der Waals surface area contributed by atoms with E-state index in [4.69, 9.17) is 5.11 Å². The highest BCUT2D eigenvalue weighted by Gasteiger charge is 2.17. The van der Waals surface area contributed by atoms with Crippen molar-refractivity contribution >= 4 is 17.6 Å². The lowest BCUT2D eigenvalue weighted by Crippen LogP contribution is -2.15. The van der Waals surface area contributed by atoms with Crippen LogP contribution in [0.15, 0.2) is 30.5 Å². The molecule has 1 aromatic heterocycles. The van der Waals surface area contributed by atoms with Crippen LogP contribution in [0.25, 0.3) is 0 Å². The van der Waals surface area contributed by atoms with E-state index in [-0.39, 0.29) is 12.3 Å². The van der Waals surface area contributed by atoms with Crippen LogP contribution in [0.4, 0.5) is 5.69 Å². The fourth-order valence-electron chi connectivity index (χ4n) is 2.68. The molecule has 25 heavy (non-hydrogen) atoms. The molecular weight excluding hydrogens is 318 g/mol. The van der Waals surface area contributed by atoms with Crippen molar-refractivity contribution in [3.05, 3.63) is 47.3 Å². The van der Waals surface area contributed by atoms with E-state index in [1.165, 1.54) is 0 Å². The van der Waals surface area contributed by atoms with E-state index in [0.29, 0.717) is 23.6 Å². The summed E-state index contributed by atoms with van der Waals surface area (Å²) in [6, 6.07) is 7.25. The minimum absolute atomic E-state index is 0.0978. The standard InChI is InChI=1S/C19H25N3O3/c1-4-17-16(11-20-22(17)12-13(2)3)19(25)21-15-8-5-14(6-9-15)7-10-18(23)24/h5-6,8-9,11,13H,4,7,10,12H2,1-3H3,(H,21,25)(H,23,24). The number of benzene rings is 1. The van der Waals surface area contributed by atoms with Gasteiger partial charge in [-0.05, 0) is 36.5 Å². The molecule has 0 bridgehead atoms. The summed E-state index contributed by atoms with van der Waals surface area (Å²) in [5.41, 5.74) is 3.14. The first-order chi connectivity index (χ1) is 11.9. The number of nitrogens with zero attached hydrogens (tertiary/aromatic N) is 2. The quantitative estimate of drug-likeness (QED) is 0.769. The van der Waals surface area contributed by atoms with Crippen molar-refractivity contribution < 1.29 is 14.7 Å². The van der Waals surface area contributed by atoms with Crippen LogP contribution in [-0.4, -0.2) is 26.8 Å². The molecule has 0 spiro atoms. The Labute approximate surface area is 147 Å². The van der Waals surface area contributed by atoms with Crippen molar-refractivity contribution in [1.29, 1.82) is 0 Å². The number of carbonyl (C=O) groups excluding carboxylic acids is 1. The summed E-state index contributed by atoms with van der Waals surface area (Å²) < 4.78 is 1.90. The lowest BCUT2D eigenvalue weighted by molar-refractivity contribution is -0.136. The smallest absolute Gasteiger partial charge is 0.303 e. The number of nitrogens with one attached hydrogen (secondary N) is 1. The van der Waals surface area contributed by atoms with Crippen LogP contribution in [0.2, 0.25) is 0 Å².